The Hall–Kier alpha value is -1.60. The highest BCUT2D eigenvalue weighted by atomic mass is 35.5. The van der Waals surface area contributed by atoms with E-state index in [9.17, 15) is 8.42 Å². The Morgan fingerprint density at radius 3 is 2.46 bits per heavy atom. The number of fused-ring (bicyclic) bond motifs is 1. The highest BCUT2D eigenvalue weighted by Crippen LogP contribution is 2.19. The van der Waals surface area contributed by atoms with Gasteiger partial charge in [-0.3, -0.25) is 0 Å². The molecule has 26 heavy (non-hydrogen) atoms. The standard InChI is InChI=1S/C19H24N2O3S.ClH/c1-14(2)13-24-18-5-7-19(8-6-18)25(22,23)21-10-15-3-4-16-11-20-12-17(16)9-15;/h3-9,14,20-21H,10-13H2,1-2H3;1H. The summed E-state index contributed by atoms with van der Waals surface area (Å²) in [5.74, 6) is 1.10. The molecular weight excluding hydrogens is 372 g/mol. The molecule has 0 aliphatic carbocycles. The smallest absolute Gasteiger partial charge is 0.240 e. The van der Waals surface area contributed by atoms with Gasteiger partial charge in [0.2, 0.25) is 10.0 Å². The molecule has 0 saturated heterocycles. The predicted octanol–water partition coefficient (Wildman–Crippen LogP) is 3.22. The third-order valence-corrected chi connectivity index (χ3v) is 5.50. The van der Waals surface area contributed by atoms with Crippen molar-refractivity contribution in [2.75, 3.05) is 6.61 Å². The number of halogens is 1. The molecule has 7 heteroatoms. The van der Waals surface area contributed by atoms with Crippen molar-refractivity contribution in [3.63, 3.8) is 0 Å². The number of ether oxygens (including phenoxy) is 1. The molecule has 2 N–H and O–H groups in total. The lowest BCUT2D eigenvalue weighted by Gasteiger charge is -2.10. The summed E-state index contributed by atoms with van der Waals surface area (Å²) < 4.78 is 33.2. The molecule has 0 atom stereocenters. The first-order chi connectivity index (χ1) is 11.9. The van der Waals surface area contributed by atoms with Crippen LogP contribution in [0.15, 0.2) is 47.4 Å². The zero-order valence-corrected chi connectivity index (χ0v) is 16.6. The van der Waals surface area contributed by atoms with E-state index in [2.05, 4.69) is 36.0 Å². The SMILES string of the molecule is CC(C)COc1ccc(S(=O)(=O)NCc2ccc3c(c2)CNC3)cc1.Cl. The normalized spacial score (nSPS) is 13.3. The largest absolute Gasteiger partial charge is 0.493 e. The Morgan fingerprint density at radius 1 is 1.08 bits per heavy atom. The molecule has 0 spiro atoms. The maximum Gasteiger partial charge on any atom is 0.240 e. The monoisotopic (exact) mass is 396 g/mol. The van der Waals surface area contributed by atoms with E-state index in [1.165, 1.54) is 11.1 Å². The fourth-order valence-electron chi connectivity index (χ4n) is 2.70. The Bertz CT molecular complexity index is 836. The minimum Gasteiger partial charge on any atom is -0.493 e. The molecule has 1 aliphatic heterocycles. The van der Waals surface area contributed by atoms with E-state index in [4.69, 9.17) is 4.74 Å². The molecule has 0 saturated carbocycles. The maximum absolute atomic E-state index is 12.5. The predicted molar refractivity (Wildman–Crippen MR) is 105 cm³/mol. The van der Waals surface area contributed by atoms with Crippen LogP contribution in [0.3, 0.4) is 0 Å². The Kier molecular flexibility index (Phi) is 7.06. The summed E-state index contributed by atoms with van der Waals surface area (Å²) in [5.41, 5.74) is 3.48. The van der Waals surface area contributed by atoms with Gasteiger partial charge in [0, 0.05) is 19.6 Å². The molecule has 0 fully saturated rings. The molecule has 0 amide bonds. The molecule has 1 aliphatic rings. The second-order valence-corrected chi connectivity index (χ2v) is 8.47. The number of sulfonamides is 1. The first kappa shape index (κ1) is 20.7. The van der Waals surface area contributed by atoms with Gasteiger partial charge in [-0.2, -0.15) is 0 Å². The zero-order chi connectivity index (χ0) is 17.9. The van der Waals surface area contributed by atoms with Gasteiger partial charge >= 0.3 is 0 Å². The van der Waals surface area contributed by atoms with Crippen LogP contribution in [-0.4, -0.2) is 15.0 Å². The lowest BCUT2D eigenvalue weighted by Crippen LogP contribution is -2.23. The van der Waals surface area contributed by atoms with Crippen molar-refractivity contribution in [2.24, 2.45) is 5.92 Å². The zero-order valence-electron chi connectivity index (χ0n) is 15.0. The van der Waals surface area contributed by atoms with Gasteiger partial charge in [0.1, 0.15) is 5.75 Å². The second kappa shape index (κ2) is 8.86. The number of benzene rings is 2. The molecule has 1 heterocycles. The van der Waals surface area contributed by atoms with Gasteiger partial charge in [0.25, 0.3) is 0 Å². The van der Waals surface area contributed by atoms with Gasteiger partial charge in [-0.15, -0.1) is 12.4 Å². The highest BCUT2D eigenvalue weighted by molar-refractivity contribution is 7.89. The minimum atomic E-state index is -3.54. The molecule has 0 bridgehead atoms. The Labute approximate surface area is 161 Å². The average Bonchev–Trinajstić information content (AvgIpc) is 3.06. The van der Waals surface area contributed by atoms with E-state index in [0.717, 1.165) is 18.7 Å². The Balaban J connectivity index is 0.00000243. The summed E-state index contributed by atoms with van der Waals surface area (Å²) >= 11 is 0. The lowest BCUT2D eigenvalue weighted by atomic mass is 10.1. The van der Waals surface area contributed by atoms with Gasteiger partial charge < -0.3 is 10.1 Å². The van der Waals surface area contributed by atoms with E-state index in [1.807, 2.05) is 6.07 Å². The number of hydrogen-bond acceptors (Lipinski definition) is 4. The number of hydrogen-bond donors (Lipinski definition) is 2. The lowest BCUT2D eigenvalue weighted by molar-refractivity contribution is 0.271. The summed E-state index contributed by atoms with van der Waals surface area (Å²) in [7, 11) is -3.54. The molecule has 0 radical (unpaired) electrons. The first-order valence-corrected chi connectivity index (χ1v) is 9.96. The second-order valence-electron chi connectivity index (χ2n) is 6.71. The third-order valence-electron chi connectivity index (χ3n) is 4.09. The van der Waals surface area contributed by atoms with E-state index in [-0.39, 0.29) is 23.8 Å². The average molecular weight is 397 g/mol. The molecule has 0 aromatic heterocycles. The number of nitrogens with one attached hydrogen (secondary N) is 2. The van der Waals surface area contributed by atoms with Crippen molar-refractivity contribution < 1.29 is 13.2 Å². The van der Waals surface area contributed by atoms with E-state index in [1.54, 1.807) is 24.3 Å². The van der Waals surface area contributed by atoms with Crippen molar-refractivity contribution in [1.29, 1.82) is 0 Å². The van der Waals surface area contributed by atoms with Gasteiger partial charge in [0.15, 0.2) is 0 Å². The Morgan fingerprint density at radius 2 is 1.77 bits per heavy atom. The van der Waals surface area contributed by atoms with Crippen LogP contribution in [0.1, 0.15) is 30.5 Å². The van der Waals surface area contributed by atoms with Crippen LogP contribution < -0.4 is 14.8 Å². The molecule has 5 nitrogen and oxygen atoms in total. The summed E-state index contributed by atoms with van der Waals surface area (Å²) in [4.78, 5) is 0.243. The van der Waals surface area contributed by atoms with Gasteiger partial charge in [-0.25, -0.2) is 13.1 Å². The van der Waals surface area contributed by atoms with Crippen LogP contribution in [0.5, 0.6) is 5.75 Å². The summed E-state index contributed by atoms with van der Waals surface area (Å²) in [6, 6.07) is 12.6. The van der Waals surface area contributed by atoms with Crippen LogP contribution in [0, 0.1) is 5.92 Å². The van der Waals surface area contributed by atoms with Crippen LogP contribution in [0.25, 0.3) is 0 Å². The van der Waals surface area contributed by atoms with Gasteiger partial charge in [-0.05, 0) is 46.9 Å². The number of rotatable bonds is 7. The highest BCUT2D eigenvalue weighted by Gasteiger charge is 2.15. The van der Waals surface area contributed by atoms with Crippen molar-refractivity contribution in [3.05, 3.63) is 59.2 Å². The molecule has 3 rings (SSSR count). The van der Waals surface area contributed by atoms with Crippen LogP contribution >= 0.6 is 12.4 Å². The fraction of sp³-hybridized carbons (Fsp3) is 0.368. The minimum absolute atomic E-state index is 0. The van der Waals surface area contributed by atoms with Gasteiger partial charge in [0.05, 0.1) is 11.5 Å². The fourth-order valence-corrected chi connectivity index (χ4v) is 3.72. The van der Waals surface area contributed by atoms with Crippen LogP contribution in [0.2, 0.25) is 0 Å². The van der Waals surface area contributed by atoms with Crippen molar-refractivity contribution in [2.45, 2.75) is 38.4 Å². The molecule has 2 aromatic carbocycles. The van der Waals surface area contributed by atoms with E-state index in [0.29, 0.717) is 18.3 Å². The van der Waals surface area contributed by atoms with Crippen LogP contribution in [0.4, 0.5) is 0 Å². The topological polar surface area (TPSA) is 67.4 Å². The summed E-state index contributed by atoms with van der Waals surface area (Å²) in [6.45, 7) is 6.74. The van der Waals surface area contributed by atoms with E-state index >= 15 is 0 Å². The van der Waals surface area contributed by atoms with Gasteiger partial charge in [-0.1, -0.05) is 32.0 Å². The summed E-state index contributed by atoms with van der Waals surface area (Å²) in [6.07, 6.45) is 0. The first-order valence-electron chi connectivity index (χ1n) is 8.48. The van der Waals surface area contributed by atoms with Crippen molar-refractivity contribution >= 4 is 22.4 Å². The molecular formula is C19H25ClN2O3S. The van der Waals surface area contributed by atoms with Crippen molar-refractivity contribution in [1.82, 2.24) is 10.0 Å². The van der Waals surface area contributed by atoms with Crippen LogP contribution in [-0.2, 0) is 29.7 Å². The molecule has 2 aromatic rings. The van der Waals surface area contributed by atoms with Crippen molar-refractivity contribution in [3.8, 4) is 5.75 Å². The quantitative estimate of drug-likeness (QED) is 0.754. The summed E-state index contributed by atoms with van der Waals surface area (Å²) in [5, 5.41) is 3.29. The maximum atomic E-state index is 12.5. The van der Waals surface area contributed by atoms with E-state index < -0.39 is 10.0 Å². The molecule has 0 unspecified atom stereocenters. The molecule has 142 valence electrons. The third kappa shape index (κ3) is 5.20.